The third-order valence-corrected chi connectivity index (χ3v) is 3.99. The van der Waals surface area contributed by atoms with E-state index in [9.17, 15) is 0 Å². The Morgan fingerprint density at radius 1 is 1.35 bits per heavy atom. The Kier molecular flexibility index (Phi) is 4.55. The summed E-state index contributed by atoms with van der Waals surface area (Å²) in [5, 5.41) is 0.555. The molecular formula is C15H24ClN3O. The molecule has 0 amide bonds. The zero-order valence-corrected chi connectivity index (χ0v) is 13.8. The van der Waals surface area contributed by atoms with Gasteiger partial charge < -0.3 is 9.64 Å². The zero-order valence-electron chi connectivity index (χ0n) is 13.0. The first-order valence-corrected chi connectivity index (χ1v) is 7.62. The van der Waals surface area contributed by atoms with Crippen LogP contribution in [0.4, 0.5) is 5.82 Å². The number of aromatic nitrogens is 2. The van der Waals surface area contributed by atoms with Gasteiger partial charge in [0.2, 0.25) is 0 Å². The fraction of sp³-hybridized carbons (Fsp3) is 0.733. The molecule has 1 aromatic rings. The Labute approximate surface area is 126 Å². The van der Waals surface area contributed by atoms with E-state index >= 15 is 0 Å². The van der Waals surface area contributed by atoms with Crippen molar-refractivity contribution >= 4 is 17.4 Å². The molecule has 1 aliphatic heterocycles. The number of morpholine rings is 1. The van der Waals surface area contributed by atoms with Gasteiger partial charge in [0.1, 0.15) is 16.8 Å². The molecule has 0 spiro atoms. The summed E-state index contributed by atoms with van der Waals surface area (Å²) in [5.41, 5.74) is 0.846. The van der Waals surface area contributed by atoms with Gasteiger partial charge in [0.25, 0.3) is 0 Å². The molecule has 0 radical (unpaired) electrons. The molecule has 1 aliphatic rings. The molecule has 1 aromatic heterocycles. The third kappa shape index (κ3) is 3.23. The standard InChI is InChI=1S/C15H24ClN3O/c1-6-11-9-19(7-8-20-11)13-10(2)12(16)17-14(18-13)15(3,4)5/h11H,6-9H2,1-5H3. The van der Waals surface area contributed by atoms with E-state index in [1.165, 1.54) is 0 Å². The lowest BCUT2D eigenvalue weighted by Crippen LogP contribution is -2.43. The van der Waals surface area contributed by atoms with Crippen molar-refractivity contribution in [1.82, 2.24) is 9.97 Å². The normalized spacial score (nSPS) is 20.3. The van der Waals surface area contributed by atoms with Crippen LogP contribution in [0.3, 0.4) is 0 Å². The molecular weight excluding hydrogens is 274 g/mol. The number of anilines is 1. The van der Waals surface area contributed by atoms with Crippen molar-refractivity contribution in [2.24, 2.45) is 0 Å². The van der Waals surface area contributed by atoms with Crippen molar-refractivity contribution in [3.63, 3.8) is 0 Å². The largest absolute Gasteiger partial charge is 0.375 e. The molecule has 0 aromatic carbocycles. The Hall–Kier alpha value is -0.870. The summed E-state index contributed by atoms with van der Waals surface area (Å²) in [6.45, 7) is 12.9. The van der Waals surface area contributed by atoms with E-state index < -0.39 is 0 Å². The molecule has 5 heteroatoms. The zero-order chi connectivity index (χ0) is 14.9. The average molecular weight is 298 g/mol. The second-order valence-electron chi connectivity index (χ2n) is 6.38. The minimum atomic E-state index is -0.109. The molecule has 1 fully saturated rings. The number of nitrogens with zero attached hydrogens (tertiary/aromatic N) is 3. The van der Waals surface area contributed by atoms with E-state index in [1.54, 1.807) is 0 Å². The first-order valence-electron chi connectivity index (χ1n) is 7.24. The Morgan fingerprint density at radius 3 is 2.65 bits per heavy atom. The van der Waals surface area contributed by atoms with Crippen LogP contribution >= 0.6 is 11.6 Å². The van der Waals surface area contributed by atoms with Gasteiger partial charge in [-0.2, -0.15) is 0 Å². The summed E-state index contributed by atoms with van der Waals surface area (Å²) in [7, 11) is 0. The molecule has 2 heterocycles. The summed E-state index contributed by atoms with van der Waals surface area (Å²) in [6, 6.07) is 0. The molecule has 0 N–H and O–H groups in total. The summed E-state index contributed by atoms with van der Waals surface area (Å²) < 4.78 is 5.73. The van der Waals surface area contributed by atoms with Crippen molar-refractivity contribution < 1.29 is 4.74 Å². The highest BCUT2D eigenvalue weighted by molar-refractivity contribution is 6.30. The first kappa shape index (κ1) is 15.5. The lowest BCUT2D eigenvalue weighted by Gasteiger charge is -2.34. The third-order valence-electron chi connectivity index (χ3n) is 3.63. The van der Waals surface area contributed by atoms with E-state index in [2.05, 4.69) is 37.6 Å². The molecule has 2 rings (SSSR count). The highest BCUT2D eigenvalue weighted by Gasteiger charge is 2.26. The summed E-state index contributed by atoms with van der Waals surface area (Å²) in [6.07, 6.45) is 1.29. The van der Waals surface area contributed by atoms with Crippen LogP contribution in [0.15, 0.2) is 0 Å². The highest BCUT2D eigenvalue weighted by Crippen LogP contribution is 2.29. The molecule has 1 atom stereocenters. The monoisotopic (exact) mass is 297 g/mol. The molecule has 0 bridgehead atoms. The van der Waals surface area contributed by atoms with E-state index in [0.717, 1.165) is 43.3 Å². The van der Waals surface area contributed by atoms with Gasteiger partial charge in [0, 0.05) is 24.1 Å². The van der Waals surface area contributed by atoms with Crippen molar-refractivity contribution in [2.45, 2.75) is 52.6 Å². The second-order valence-corrected chi connectivity index (χ2v) is 6.74. The Balaban J connectivity index is 2.37. The first-order chi connectivity index (χ1) is 9.32. The highest BCUT2D eigenvalue weighted by atomic mass is 35.5. The molecule has 1 unspecified atom stereocenters. The maximum absolute atomic E-state index is 6.31. The predicted octanol–water partition coefficient (Wildman–Crippen LogP) is 3.35. The summed E-state index contributed by atoms with van der Waals surface area (Å²) in [5.74, 6) is 1.75. The molecule has 20 heavy (non-hydrogen) atoms. The molecule has 0 aliphatic carbocycles. The van der Waals surface area contributed by atoms with Crippen LogP contribution in [0.5, 0.6) is 0 Å². The average Bonchev–Trinajstić information content (AvgIpc) is 2.40. The fourth-order valence-corrected chi connectivity index (χ4v) is 2.44. The number of hydrogen-bond donors (Lipinski definition) is 0. The van der Waals surface area contributed by atoms with Gasteiger partial charge >= 0.3 is 0 Å². The summed E-state index contributed by atoms with van der Waals surface area (Å²) >= 11 is 6.31. The Bertz CT molecular complexity index is 485. The van der Waals surface area contributed by atoms with Gasteiger partial charge in [-0.15, -0.1) is 0 Å². The number of halogens is 1. The van der Waals surface area contributed by atoms with Crippen LogP contribution in [-0.4, -0.2) is 35.8 Å². The number of rotatable bonds is 2. The van der Waals surface area contributed by atoms with Crippen molar-refractivity contribution in [2.75, 3.05) is 24.6 Å². The minimum Gasteiger partial charge on any atom is -0.375 e. The molecule has 112 valence electrons. The van der Waals surface area contributed by atoms with Crippen LogP contribution in [0.2, 0.25) is 5.15 Å². The van der Waals surface area contributed by atoms with Crippen LogP contribution in [0, 0.1) is 6.92 Å². The second kappa shape index (κ2) is 5.86. The van der Waals surface area contributed by atoms with Crippen LogP contribution in [0.25, 0.3) is 0 Å². The van der Waals surface area contributed by atoms with Gasteiger partial charge in [0.15, 0.2) is 0 Å². The van der Waals surface area contributed by atoms with Crippen LogP contribution in [0.1, 0.15) is 45.5 Å². The van der Waals surface area contributed by atoms with Crippen LogP contribution < -0.4 is 4.90 Å². The predicted molar refractivity (Wildman–Crippen MR) is 82.7 cm³/mol. The summed E-state index contributed by atoms with van der Waals surface area (Å²) in [4.78, 5) is 11.5. The van der Waals surface area contributed by atoms with E-state index in [-0.39, 0.29) is 11.5 Å². The van der Waals surface area contributed by atoms with Crippen LogP contribution in [-0.2, 0) is 10.2 Å². The van der Waals surface area contributed by atoms with Gasteiger partial charge in [-0.25, -0.2) is 9.97 Å². The van der Waals surface area contributed by atoms with Crippen molar-refractivity contribution in [1.29, 1.82) is 0 Å². The maximum Gasteiger partial charge on any atom is 0.137 e. The molecule has 1 saturated heterocycles. The molecule has 0 saturated carbocycles. The SMILES string of the molecule is CCC1CN(c2nc(C(C)(C)C)nc(Cl)c2C)CCO1. The van der Waals surface area contributed by atoms with Gasteiger partial charge in [-0.3, -0.25) is 0 Å². The van der Waals surface area contributed by atoms with E-state index in [1.807, 2.05) is 6.92 Å². The lowest BCUT2D eigenvalue weighted by atomic mass is 9.95. The quantitative estimate of drug-likeness (QED) is 0.785. The maximum atomic E-state index is 6.31. The number of ether oxygens (including phenoxy) is 1. The minimum absolute atomic E-state index is 0.109. The molecule has 4 nitrogen and oxygen atoms in total. The Morgan fingerprint density at radius 2 is 2.05 bits per heavy atom. The van der Waals surface area contributed by atoms with Crippen molar-refractivity contribution in [3.05, 3.63) is 16.5 Å². The van der Waals surface area contributed by atoms with Gasteiger partial charge in [0.05, 0.1) is 12.7 Å². The fourth-order valence-electron chi connectivity index (χ4n) is 2.28. The lowest BCUT2D eigenvalue weighted by molar-refractivity contribution is 0.0381. The van der Waals surface area contributed by atoms with Gasteiger partial charge in [-0.1, -0.05) is 39.3 Å². The van der Waals surface area contributed by atoms with Gasteiger partial charge in [-0.05, 0) is 13.3 Å². The topological polar surface area (TPSA) is 38.2 Å². The van der Waals surface area contributed by atoms with E-state index in [0.29, 0.717) is 5.15 Å². The smallest absolute Gasteiger partial charge is 0.137 e. The van der Waals surface area contributed by atoms with E-state index in [4.69, 9.17) is 21.3 Å². The number of hydrogen-bond acceptors (Lipinski definition) is 4. The van der Waals surface area contributed by atoms with Crippen molar-refractivity contribution in [3.8, 4) is 0 Å².